The van der Waals surface area contributed by atoms with Crippen molar-refractivity contribution < 1.29 is 14.2 Å². The molecule has 0 amide bonds. The molecule has 3 heteroatoms. The Balaban J connectivity index is 2.31. The fourth-order valence-electron chi connectivity index (χ4n) is 2.94. The molecule has 2 unspecified atom stereocenters. The van der Waals surface area contributed by atoms with Gasteiger partial charge in [-0.05, 0) is 25.0 Å². The van der Waals surface area contributed by atoms with Crippen molar-refractivity contribution >= 4 is 0 Å². The minimum Gasteiger partial charge on any atom is -0.497 e. The van der Waals surface area contributed by atoms with Crippen molar-refractivity contribution in [3.8, 4) is 5.75 Å². The number of hydrogen-bond donors (Lipinski definition) is 0. The summed E-state index contributed by atoms with van der Waals surface area (Å²) in [7, 11) is 1.67. The fourth-order valence-corrected chi connectivity index (χ4v) is 2.94. The molecule has 0 N–H and O–H groups in total. The predicted octanol–water partition coefficient (Wildman–Crippen LogP) is 3.97. The number of ether oxygens (including phenoxy) is 3. The third-order valence-corrected chi connectivity index (χ3v) is 4.04. The van der Waals surface area contributed by atoms with Crippen molar-refractivity contribution in [2.75, 3.05) is 13.7 Å². The minimum absolute atomic E-state index is 0.0204. The van der Waals surface area contributed by atoms with E-state index in [9.17, 15) is 0 Å². The number of benzene rings is 1. The number of methoxy groups -OCH3 is 1. The first-order chi connectivity index (χ1) is 9.28. The highest BCUT2D eigenvalue weighted by Crippen LogP contribution is 2.43. The van der Waals surface area contributed by atoms with Crippen molar-refractivity contribution in [3.05, 3.63) is 29.8 Å². The van der Waals surface area contributed by atoms with E-state index in [4.69, 9.17) is 14.2 Å². The minimum atomic E-state index is -0.709. The third kappa shape index (κ3) is 2.84. The Morgan fingerprint density at radius 1 is 1.25 bits per heavy atom. The van der Waals surface area contributed by atoms with Crippen LogP contribution in [0.3, 0.4) is 0 Å². The van der Waals surface area contributed by atoms with E-state index in [1.807, 2.05) is 31.2 Å². The summed E-state index contributed by atoms with van der Waals surface area (Å²) in [4.78, 5) is 0. The van der Waals surface area contributed by atoms with Crippen LogP contribution in [0.1, 0.15) is 40.2 Å². The Bertz CT molecular complexity index is 467. The van der Waals surface area contributed by atoms with Crippen LogP contribution in [0.15, 0.2) is 24.3 Å². The molecule has 1 saturated heterocycles. The zero-order valence-electron chi connectivity index (χ0n) is 13.4. The summed E-state index contributed by atoms with van der Waals surface area (Å²) in [6.45, 7) is 11.5. The van der Waals surface area contributed by atoms with E-state index in [1.54, 1.807) is 7.11 Å². The average molecular weight is 278 g/mol. The first-order valence-corrected chi connectivity index (χ1v) is 7.25. The summed E-state index contributed by atoms with van der Waals surface area (Å²) < 4.78 is 17.7. The fraction of sp³-hybridized carbons (Fsp3) is 0.647. The van der Waals surface area contributed by atoms with E-state index >= 15 is 0 Å². The summed E-state index contributed by atoms with van der Waals surface area (Å²) in [5.74, 6) is 0.555. The van der Waals surface area contributed by atoms with Crippen LogP contribution in [0, 0.1) is 11.3 Å². The van der Waals surface area contributed by atoms with Crippen molar-refractivity contribution in [2.24, 2.45) is 11.3 Å². The van der Waals surface area contributed by atoms with Gasteiger partial charge in [-0.3, -0.25) is 0 Å². The molecule has 2 atom stereocenters. The van der Waals surface area contributed by atoms with E-state index < -0.39 is 5.79 Å². The predicted molar refractivity (Wildman–Crippen MR) is 79.8 cm³/mol. The zero-order chi connectivity index (χ0) is 15.0. The largest absolute Gasteiger partial charge is 0.497 e. The van der Waals surface area contributed by atoms with Gasteiger partial charge in [-0.1, -0.05) is 39.8 Å². The van der Waals surface area contributed by atoms with E-state index in [0.717, 1.165) is 11.3 Å². The molecule has 2 rings (SSSR count). The molecule has 1 aliphatic heterocycles. The molecule has 0 aliphatic carbocycles. The van der Waals surface area contributed by atoms with E-state index in [1.165, 1.54) is 0 Å². The van der Waals surface area contributed by atoms with Gasteiger partial charge in [-0.2, -0.15) is 0 Å². The molecular weight excluding hydrogens is 252 g/mol. The van der Waals surface area contributed by atoms with Gasteiger partial charge in [0.05, 0.1) is 19.8 Å². The summed E-state index contributed by atoms with van der Waals surface area (Å²) >= 11 is 0. The van der Waals surface area contributed by atoms with Crippen LogP contribution in [-0.4, -0.2) is 19.8 Å². The Kier molecular flexibility index (Phi) is 4.12. The monoisotopic (exact) mass is 278 g/mol. The van der Waals surface area contributed by atoms with Crippen LogP contribution >= 0.6 is 0 Å². The second kappa shape index (κ2) is 5.38. The smallest absolute Gasteiger partial charge is 0.192 e. The van der Waals surface area contributed by atoms with E-state index in [2.05, 4.69) is 27.7 Å². The molecule has 3 nitrogen and oxygen atoms in total. The lowest BCUT2D eigenvalue weighted by Gasteiger charge is -2.49. The number of hydrogen-bond acceptors (Lipinski definition) is 3. The summed E-state index contributed by atoms with van der Waals surface area (Å²) in [5, 5.41) is 0. The quantitative estimate of drug-likeness (QED) is 0.837. The molecule has 0 bridgehead atoms. The highest BCUT2D eigenvalue weighted by Gasteiger charge is 2.46. The maximum Gasteiger partial charge on any atom is 0.192 e. The zero-order valence-corrected chi connectivity index (χ0v) is 13.4. The first-order valence-electron chi connectivity index (χ1n) is 7.25. The van der Waals surface area contributed by atoms with Crippen LogP contribution in [0.25, 0.3) is 0 Å². The topological polar surface area (TPSA) is 27.7 Å². The van der Waals surface area contributed by atoms with Crippen molar-refractivity contribution in [1.82, 2.24) is 0 Å². The lowest BCUT2D eigenvalue weighted by molar-refractivity contribution is -0.337. The Morgan fingerprint density at radius 2 is 1.95 bits per heavy atom. The third-order valence-electron chi connectivity index (χ3n) is 4.04. The Hall–Kier alpha value is -1.06. The highest BCUT2D eigenvalue weighted by molar-refractivity contribution is 5.31. The normalized spacial score (nSPS) is 29.4. The molecule has 0 radical (unpaired) electrons. The van der Waals surface area contributed by atoms with Gasteiger partial charge < -0.3 is 14.2 Å². The van der Waals surface area contributed by atoms with Crippen molar-refractivity contribution in [1.29, 1.82) is 0 Å². The van der Waals surface area contributed by atoms with Crippen molar-refractivity contribution in [2.45, 2.75) is 46.5 Å². The second-order valence-electron chi connectivity index (χ2n) is 6.74. The Morgan fingerprint density at radius 3 is 2.55 bits per heavy atom. The SMILES string of the molecule is COc1cccc(C2(C)OCC(C)(C)C(C(C)C)O2)c1. The molecule has 1 heterocycles. The molecule has 1 aliphatic rings. The number of rotatable bonds is 3. The summed E-state index contributed by atoms with van der Waals surface area (Å²) in [5.41, 5.74) is 1.02. The standard InChI is InChI=1S/C17H26O3/c1-12(2)15-16(3,4)11-19-17(5,20-15)13-8-7-9-14(10-13)18-6/h7-10,12,15H,11H2,1-6H3. The van der Waals surface area contributed by atoms with Gasteiger partial charge in [0.1, 0.15) is 5.75 Å². The van der Waals surface area contributed by atoms with Gasteiger partial charge in [0.25, 0.3) is 0 Å². The van der Waals surface area contributed by atoms with Crippen LogP contribution in [-0.2, 0) is 15.3 Å². The lowest BCUT2D eigenvalue weighted by atomic mass is 9.80. The van der Waals surface area contributed by atoms with Crippen LogP contribution in [0.5, 0.6) is 5.75 Å². The van der Waals surface area contributed by atoms with Crippen LogP contribution in [0.4, 0.5) is 0 Å². The molecular formula is C17H26O3. The highest BCUT2D eigenvalue weighted by atomic mass is 16.7. The van der Waals surface area contributed by atoms with Gasteiger partial charge in [-0.15, -0.1) is 0 Å². The molecule has 1 aromatic rings. The van der Waals surface area contributed by atoms with Gasteiger partial charge >= 0.3 is 0 Å². The van der Waals surface area contributed by atoms with Gasteiger partial charge in [0.2, 0.25) is 0 Å². The molecule has 1 fully saturated rings. The van der Waals surface area contributed by atoms with E-state index in [-0.39, 0.29) is 11.5 Å². The molecule has 0 aromatic heterocycles. The van der Waals surface area contributed by atoms with Gasteiger partial charge in [0, 0.05) is 11.0 Å². The molecule has 0 saturated carbocycles. The maximum atomic E-state index is 6.36. The average Bonchev–Trinajstić information content (AvgIpc) is 2.41. The first kappa shape index (κ1) is 15.3. The lowest BCUT2D eigenvalue weighted by Crippen LogP contribution is -2.52. The van der Waals surface area contributed by atoms with Crippen LogP contribution < -0.4 is 4.74 Å². The summed E-state index contributed by atoms with van der Waals surface area (Å²) in [6.07, 6.45) is 0.160. The van der Waals surface area contributed by atoms with Gasteiger partial charge in [-0.25, -0.2) is 0 Å². The van der Waals surface area contributed by atoms with Crippen LogP contribution in [0.2, 0.25) is 0 Å². The van der Waals surface area contributed by atoms with Gasteiger partial charge in [0.15, 0.2) is 5.79 Å². The second-order valence-corrected chi connectivity index (χ2v) is 6.74. The summed E-state index contributed by atoms with van der Waals surface area (Å²) in [6, 6.07) is 7.91. The van der Waals surface area contributed by atoms with Crippen molar-refractivity contribution in [3.63, 3.8) is 0 Å². The van der Waals surface area contributed by atoms with E-state index in [0.29, 0.717) is 12.5 Å². The molecule has 112 valence electrons. The Labute approximate surface area is 122 Å². The maximum absolute atomic E-state index is 6.36. The molecule has 0 spiro atoms. The molecule has 20 heavy (non-hydrogen) atoms. The molecule has 1 aromatic carbocycles.